The largest absolute Gasteiger partial charge is 0.339 e. The number of rotatable bonds is 5. The Hall–Kier alpha value is -2.53. The first-order chi connectivity index (χ1) is 13.7. The number of likely N-dealkylation sites (tertiary alicyclic amines) is 1. The zero-order chi connectivity index (χ0) is 19.0. The molecule has 1 aliphatic heterocycles. The summed E-state index contributed by atoms with van der Waals surface area (Å²) in [6, 6.07) is 14.5. The first kappa shape index (κ1) is 17.6. The van der Waals surface area contributed by atoms with Crippen LogP contribution in [-0.4, -0.2) is 33.1 Å². The number of aromatic nitrogens is 3. The van der Waals surface area contributed by atoms with E-state index >= 15 is 0 Å². The van der Waals surface area contributed by atoms with Gasteiger partial charge in [0.05, 0.1) is 11.1 Å². The summed E-state index contributed by atoms with van der Waals surface area (Å²) in [5.74, 6) is 2.24. The molecule has 144 valence electrons. The van der Waals surface area contributed by atoms with Crippen LogP contribution in [0, 0.1) is 12.8 Å². The summed E-state index contributed by atoms with van der Waals surface area (Å²) in [6.07, 6.45) is 6.25. The zero-order valence-corrected chi connectivity index (χ0v) is 16.3. The maximum absolute atomic E-state index is 5.84. The monoisotopic (exact) mass is 374 g/mol. The molecule has 2 aliphatic rings. The number of nitrogens with zero attached hydrogens (tertiary/aromatic N) is 4. The van der Waals surface area contributed by atoms with Gasteiger partial charge in [0.15, 0.2) is 5.82 Å². The van der Waals surface area contributed by atoms with Crippen molar-refractivity contribution in [2.24, 2.45) is 5.92 Å². The van der Waals surface area contributed by atoms with E-state index in [0.29, 0.717) is 5.92 Å². The van der Waals surface area contributed by atoms with Crippen molar-refractivity contribution in [3.05, 3.63) is 77.2 Å². The van der Waals surface area contributed by atoms with Gasteiger partial charge in [-0.3, -0.25) is 9.88 Å². The van der Waals surface area contributed by atoms with Gasteiger partial charge in [0.2, 0.25) is 5.89 Å². The third kappa shape index (κ3) is 3.14. The van der Waals surface area contributed by atoms with Crippen LogP contribution in [0.25, 0.3) is 0 Å². The van der Waals surface area contributed by atoms with Gasteiger partial charge in [-0.15, -0.1) is 0 Å². The molecule has 2 fully saturated rings. The third-order valence-corrected chi connectivity index (χ3v) is 6.53. The lowest BCUT2D eigenvalue weighted by atomic mass is 9.80. The molecule has 1 saturated carbocycles. The Labute approximate surface area is 165 Å². The molecule has 1 aliphatic carbocycles. The minimum absolute atomic E-state index is 0.0185. The molecule has 0 amide bonds. The highest BCUT2D eigenvalue weighted by Crippen LogP contribution is 2.50. The summed E-state index contributed by atoms with van der Waals surface area (Å²) < 4.78 is 5.84. The minimum Gasteiger partial charge on any atom is -0.339 e. The van der Waals surface area contributed by atoms with Gasteiger partial charge < -0.3 is 4.52 Å². The standard InChI is InChI=1S/C23H26N4O/c1-17-7-6-12-24-20(17)15-27-14-19-10-5-11-23(19,16-27)22-25-21(26-28-22)13-18-8-3-2-4-9-18/h2-4,6-9,12,19H,5,10-11,13-16H2,1H3/t19-,23-/m1/s1. The lowest BCUT2D eigenvalue weighted by Gasteiger charge is -2.24. The van der Waals surface area contributed by atoms with E-state index in [9.17, 15) is 0 Å². The van der Waals surface area contributed by atoms with Crippen LogP contribution < -0.4 is 0 Å². The lowest BCUT2D eigenvalue weighted by molar-refractivity contribution is 0.243. The second-order valence-corrected chi connectivity index (χ2v) is 8.36. The molecule has 5 heteroatoms. The fourth-order valence-electron chi connectivity index (χ4n) is 5.07. The van der Waals surface area contributed by atoms with Crippen molar-refractivity contribution >= 4 is 0 Å². The molecule has 1 saturated heterocycles. The molecule has 0 radical (unpaired) electrons. The molecule has 3 heterocycles. The van der Waals surface area contributed by atoms with Crippen molar-refractivity contribution in [2.75, 3.05) is 13.1 Å². The van der Waals surface area contributed by atoms with Gasteiger partial charge in [-0.25, -0.2) is 0 Å². The molecule has 5 nitrogen and oxygen atoms in total. The number of benzene rings is 1. The van der Waals surface area contributed by atoms with Gasteiger partial charge in [0.25, 0.3) is 0 Å². The highest BCUT2D eigenvalue weighted by Gasteiger charge is 2.54. The molecular weight excluding hydrogens is 348 g/mol. The Balaban J connectivity index is 1.36. The van der Waals surface area contributed by atoms with Crippen molar-refractivity contribution in [2.45, 2.75) is 44.6 Å². The van der Waals surface area contributed by atoms with Gasteiger partial charge >= 0.3 is 0 Å². The Morgan fingerprint density at radius 2 is 2.07 bits per heavy atom. The van der Waals surface area contributed by atoms with Crippen LogP contribution in [0.5, 0.6) is 0 Å². The maximum atomic E-state index is 5.84. The van der Waals surface area contributed by atoms with Crippen LogP contribution in [-0.2, 0) is 18.4 Å². The molecule has 5 rings (SSSR count). The third-order valence-electron chi connectivity index (χ3n) is 6.53. The average Bonchev–Trinajstić information content (AvgIpc) is 3.39. The minimum atomic E-state index is 0.0185. The van der Waals surface area contributed by atoms with E-state index in [0.717, 1.165) is 44.2 Å². The number of pyridine rings is 1. The topological polar surface area (TPSA) is 55.1 Å². The zero-order valence-electron chi connectivity index (χ0n) is 16.3. The SMILES string of the molecule is Cc1cccnc1CN1C[C@H]2CCC[C@@]2(c2nc(Cc3ccccc3)no2)C1. The van der Waals surface area contributed by atoms with Gasteiger partial charge in [-0.1, -0.05) is 48.0 Å². The molecule has 0 unspecified atom stereocenters. The average molecular weight is 374 g/mol. The van der Waals surface area contributed by atoms with Crippen LogP contribution in [0.1, 0.15) is 47.8 Å². The van der Waals surface area contributed by atoms with Crippen molar-refractivity contribution in [3.63, 3.8) is 0 Å². The first-order valence-electron chi connectivity index (χ1n) is 10.2. The molecule has 0 N–H and O–H groups in total. The van der Waals surface area contributed by atoms with E-state index in [4.69, 9.17) is 9.51 Å². The molecule has 2 aromatic heterocycles. The van der Waals surface area contributed by atoms with E-state index in [1.807, 2.05) is 18.3 Å². The molecule has 28 heavy (non-hydrogen) atoms. The fourth-order valence-corrected chi connectivity index (χ4v) is 5.07. The summed E-state index contributed by atoms with van der Waals surface area (Å²) in [6.45, 7) is 5.12. The summed E-state index contributed by atoms with van der Waals surface area (Å²) in [7, 11) is 0. The molecule has 3 aromatic rings. The van der Waals surface area contributed by atoms with E-state index in [1.165, 1.54) is 29.7 Å². The van der Waals surface area contributed by atoms with Crippen LogP contribution in [0.2, 0.25) is 0 Å². The van der Waals surface area contributed by atoms with Crippen molar-refractivity contribution in [3.8, 4) is 0 Å². The predicted molar refractivity (Wildman–Crippen MR) is 107 cm³/mol. The smallest absolute Gasteiger partial charge is 0.234 e. The normalized spacial score (nSPS) is 24.5. The highest BCUT2D eigenvalue weighted by atomic mass is 16.5. The Morgan fingerprint density at radius 1 is 1.18 bits per heavy atom. The van der Waals surface area contributed by atoms with Gasteiger partial charge in [-0.05, 0) is 42.9 Å². The molecular formula is C23H26N4O. The fraction of sp³-hybridized carbons (Fsp3) is 0.435. The number of hydrogen-bond donors (Lipinski definition) is 0. The molecule has 0 spiro atoms. The number of aryl methyl sites for hydroxylation is 1. The van der Waals surface area contributed by atoms with Crippen LogP contribution in [0.4, 0.5) is 0 Å². The first-order valence-corrected chi connectivity index (χ1v) is 10.2. The second kappa shape index (κ2) is 7.13. The highest BCUT2D eigenvalue weighted by molar-refractivity contribution is 5.22. The molecule has 2 atom stereocenters. The van der Waals surface area contributed by atoms with Crippen molar-refractivity contribution in [1.82, 2.24) is 20.0 Å². The van der Waals surface area contributed by atoms with Gasteiger partial charge in [-0.2, -0.15) is 4.98 Å². The van der Waals surface area contributed by atoms with Crippen molar-refractivity contribution in [1.29, 1.82) is 0 Å². The Morgan fingerprint density at radius 3 is 2.93 bits per heavy atom. The van der Waals surface area contributed by atoms with E-state index in [2.05, 4.69) is 52.3 Å². The van der Waals surface area contributed by atoms with E-state index in [-0.39, 0.29) is 5.41 Å². The number of hydrogen-bond acceptors (Lipinski definition) is 5. The summed E-state index contributed by atoms with van der Waals surface area (Å²) >= 11 is 0. The van der Waals surface area contributed by atoms with Crippen LogP contribution in [0.3, 0.4) is 0 Å². The van der Waals surface area contributed by atoms with Crippen LogP contribution in [0.15, 0.2) is 53.2 Å². The lowest BCUT2D eigenvalue weighted by Crippen LogP contribution is -2.32. The van der Waals surface area contributed by atoms with E-state index in [1.54, 1.807) is 0 Å². The van der Waals surface area contributed by atoms with E-state index < -0.39 is 0 Å². The van der Waals surface area contributed by atoms with Crippen LogP contribution >= 0.6 is 0 Å². The predicted octanol–water partition coefficient (Wildman–Crippen LogP) is 3.92. The molecule has 0 bridgehead atoms. The maximum Gasteiger partial charge on any atom is 0.234 e. The van der Waals surface area contributed by atoms with Gasteiger partial charge in [0.1, 0.15) is 0 Å². The second-order valence-electron chi connectivity index (χ2n) is 8.36. The molecule has 1 aromatic carbocycles. The summed E-state index contributed by atoms with van der Waals surface area (Å²) in [5, 5.41) is 4.32. The Bertz CT molecular complexity index is 954. The number of fused-ring (bicyclic) bond motifs is 1. The van der Waals surface area contributed by atoms with Crippen molar-refractivity contribution < 1.29 is 4.52 Å². The summed E-state index contributed by atoms with van der Waals surface area (Å²) in [5.41, 5.74) is 3.67. The summed E-state index contributed by atoms with van der Waals surface area (Å²) in [4.78, 5) is 12.0. The Kier molecular flexibility index (Phi) is 4.47. The van der Waals surface area contributed by atoms with Gasteiger partial charge in [0, 0.05) is 32.3 Å². The quantitative estimate of drug-likeness (QED) is 0.678.